The summed E-state index contributed by atoms with van der Waals surface area (Å²) in [5.41, 5.74) is 9.45. The van der Waals surface area contributed by atoms with E-state index in [0.717, 1.165) is 49.6 Å². The molecule has 2 heteroatoms. The molecule has 0 aliphatic carbocycles. The van der Waals surface area contributed by atoms with Gasteiger partial charge in [0.05, 0.1) is 6.26 Å². The molecule has 2 aromatic heterocycles. The van der Waals surface area contributed by atoms with Crippen LogP contribution in [0, 0.1) is 0 Å². The largest absolute Gasteiger partial charge is 0.460 e. The van der Waals surface area contributed by atoms with Crippen LogP contribution in [-0.4, -0.2) is 0 Å². The molecule has 214 valence electrons. The molecule has 10 rings (SSSR count). The van der Waals surface area contributed by atoms with Gasteiger partial charge in [-0.05, 0) is 90.5 Å². The van der Waals surface area contributed by atoms with Gasteiger partial charge in [0.2, 0.25) is 0 Å². The summed E-state index contributed by atoms with van der Waals surface area (Å²) in [4.78, 5) is 0. The van der Waals surface area contributed by atoms with Crippen molar-refractivity contribution in [3.63, 3.8) is 0 Å². The summed E-state index contributed by atoms with van der Waals surface area (Å²) in [6, 6.07) is 54.2. The molecule has 8 aromatic carbocycles. The molecule has 0 saturated carbocycles. The maximum atomic E-state index is 6.67. The molecular formula is C44H26O2. The highest BCUT2D eigenvalue weighted by Crippen LogP contribution is 2.45. The second-order valence-electron chi connectivity index (χ2n) is 12.1. The molecule has 46 heavy (non-hydrogen) atoms. The zero-order valence-electron chi connectivity index (χ0n) is 24.8. The van der Waals surface area contributed by atoms with Crippen LogP contribution in [0.4, 0.5) is 0 Å². The minimum absolute atomic E-state index is 0.779. The highest BCUT2D eigenvalue weighted by Gasteiger charge is 2.20. The first-order valence-electron chi connectivity index (χ1n) is 15.7. The molecular weight excluding hydrogens is 560 g/mol. The lowest BCUT2D eigenvalue weighted by molar-refractivity contribution is 0.600. The number of rotatable bonds is 3. The highest BCUT2D eigenvalue weighted by molar-refractivity contribution is 6.22. The molecule has 0 amide bonds. The van der Waals surface area contributed by atoms with Crippen molar-refractivity contribution >= 4 is 65.2 Å². The van der Waals surface area contributed by atoms with Gasteiger partial charge >= 0.3 is 0 Å². The Morgan fingerprint density at radius 3 is 1.67 bits per heavy atom. The Morgan fingerprint density at radius 1 is 0.348 bits per heavy atom. The van der Waals surface area contributed by atoms with Crippen LogP contribution in [0.3, 0.4) is 0 Å². The molecule has 0 spiro atoms. The van der Waals surface area contributed by atoms with E-state index in [1.54, 1.807) is 0 Å². The Labute approximate surface area is 264 Å². The van der Waals surface area contributed by atoms with Gasteiger partial charge in [-0.2, -0.15) is 0 Å². The van der Waals surface area contributed by atoms with E-state index in [2.05, 4.69) is 152 Å². The molecule has 2 nitrogen and oxygen atoms in total. The molecule has 0 atom stereocenters. The molecule has 0 bridgehead atoms. The molecule has 0 radical (unpaired) electrons. The molecule has 0 N–H and O–H groups in total. The Bertz CT molecular complexity index is 2740. The van der Waals surface area contributed by atoms with Crippen LogP contribution < -0.4 is 0 Å². The molecule has 10 aromatic rings. The second kappa shape index (κ2) is 9.69. The third-order valence-electron chi connectivity index (χ3n) is 9.52. The maximum Gasteiger partial charge on any atom is 0.178 e. The van der Waals surface area contributed by atoms with Crippen molar-refractivity contribution in [3.05, 3.63) is 158 Å². The van der Waals surface area contributed by atoms with E-state index in [0.29, 0.717) is 0 Å². The van der Waals surface area contributed by atoms with E-state index in [4.69, 9.17) is 8.83 Å². The van der Waals surface area contributed by atoms with E-state index in [1.807, 2.05) is 6.26 Å². The fourth-order valence-corrected chi connectivity index (χ4v) is 7.42. The van der Waals surface area contributed by atoms with Crippen LogP contribution >= 0.6 is 0 Å². The first kappa shape index (κ1) is 25.2. The van der Waals surface area contributed by atoms with Gasteiger partial charge in [-0.1, -0.05) is 121 Å². The van der Waals surface area contributed by atoms with Crippen LogP contribution in [0.2, 0.25) is 0 Å². The minimum atomic E-state index is 0.779. The molecule has 0 aliphatic heterocycles. The predicted molar refractivity (Wildman–Crippen MR) is 192 cm³/mol. The number of furan rings is 2. The molecule has 2 heterocycles. The number of benzene rings is 8. The van der Waals surface area contributed by atoms with Crippen LogP contribution in [0.1, 0.15) is 0 Å². The summed E-state index contributed by atoms with van der Waals surface area (Å²) in [6.45, 7) is 0. The quantitative estimate of drug-likeness (QED) is 0.193. The molecule has 0 saturated heterocycles. The number of hydrogen-bond donors (Lipinski definition) is 0. The monoisotopic (exact) mass is 586 g/mol. The highest BCUT2D eigenvalue weighted by atomic mass is 16.4. The van der Waals surface area contributed by atoms with Crippen molar-refractivity contribution in [3.8, 4) is 33.4 Å². The predicted octanol–water partition coefficient (Wildman–Crippen LogP) is 12.8. The van der Waals surface area contributed by atoms with Gasteiger partial charge in [0, 0.05) is 21.7 Å². The van der Waals surface area contributed by atoms with Crippen molar-refractivity contribution in [1.82, 2.24) is 0 Å². The van der Waals surface area contributed by atoms with E-state index in [-0.39, 0.29) is 0 Å². The number of hydrogen-bond acceptors (Lipinski definition) is 2. The van der Waals surface area contributed by atoms with Gasteiger partial charge in [0.1, 0.15) is 5.58 Å². The Morgan fingerprint density at radius 2 is 0.935 bits per heavy atom. The minimum Gasteiger partial charge on any atom is -0.460 e. The third kappa shape index (κ3) is 3.65. The fourth-order valence-electron chi connectivity index (χ4n) is 7.42. The normalized spacial score (nSPS) is 11.9. The summed E-state index contributed by atoms with van der Waals surface area (Å²) in [6.07, 6.45) is 1.86. The van der Waals surface area contributed by atoms with E-state index in [1.165, 1.54) is 49.0 Å². The topological polar surface area (TPSA) is 26.3 Å². The fraction of sp³-hybridized carbons (Fsp3) is 0. The van der Waals surface area contributed by atoms with Crippen LogP contribution in [0.15, 0.2) is 167 Å². The van der Waals surface area contributed by atoms with E-state index in [9.17, 15) is 0 Å². The Kier molecular flexibility index (Phi) is 5.31. The summed E-state index contributed by atoms with van der Waals surface area (Å²) in [5.74, 6) is 0. The van der Waals surface area contributed by atoms with Crippen molar-refractivity contribution in [1.29, 1.82) is 0 Å². The van der Waals surface area contributed by atoms with Gasteiger partial charge < -0.3 is 8.83 Å². The summed E-state index contributed by atoms with van der Waals surface area (Å²) < 4.78 is 12.9. The van der Waals surface area contributed by atoms with Crippen molar-refractivity contribution < 1.29 is 8.83 Å². The van der Waals surface area contributed by atoms with Crippen LogP contribution in [0.5, 0.6) is 0 Å². The summed E-state index contributed by atoms with van der Waals surface area (Å²) in [7, 11) is 0. The van der Waals surface area contributed by atoms with Gasteiger partial charge in [-0.15, -0.1) is 0 Å². The van der Waals surface area contributed by atoms with E-state index >= 15 is 0 Å². The summed E-state index contributed by atoms with van der Waals surface area (Å²) >= 11 is 0. The first-order chi connectivity index (χ1) is 22.8. The van der Waals surface area contributed by atoms with Crippen LogP contribution in [-0.2, 0) is 0 Å². The maximum absolute atomic E-state index is 6.67. The second-order valence-corrected chi connectivity index (χ2v) is 12.1. The SMILES string of the molecule is c1ccc(-c2c3ccccc3c(-c3ccc4c(c3)oc3c4ccc4c(-c5ccc6ccccc6c5)coc43)c3ccccc23)cc1. The van der Waals surface area contributed by atoms with Crippen molar-refractivity contribution in [2.24, 2.45) is 0 Å². The zero-order chi connectivity index (χ0) is 30.2. The third-order valence-corrected chi connectivity index (χ3v) is 9.52. The first-order valence-corrected chi connectivity index (χ1v) is 15.7. The lowest BCUT2D eigenvalue weighted by Gasteiger charge is -2.17. The lowest BCUT2D eigenvalue weighted by Crippen LogP contribution is -1.90. The molecule has 0 aliphatic rings. The van der Waals surface area contributed by atoms with E-state index < -0.39 is 0 Å². The van der Waals surface area contributed by atoms with Crippen molar-refractivity contribution in [2.75, 3.05) is 0 Å². The summed E-state index contributed by atoms with van der Waals surface area (Å²) in [5, 5.41) is 10.6. The van der Waals surface area contributed by atoms with Gasteiger partial charge in [0.15, 0.2) is 11.2 Å². The molecule has 0 fully saturated rings. The van der Waals surface area contributed by atoms with Gasteiger partial charge in [-0.3, -0.25) is 0 Å². The standard InChI is InChI=1S/C44H26O2/c1-2-11-28(12-3-1)41-33-14-6-8-16-35(33)42(36-17-9-7-15-34(36)41)31-20-21-32-37-22-23-38-39(26-45-43(38)44(37)46-40(32)25-31)30-19-18-27-10-4-5-13-29(27)24-30/h1-26H. The zero-order valence-corrected chi connectivity index (χ0v) is 24.8. The molecule has 0 unspecified atom stereocenters. The van der Waals surface area contributed by atoms with Crippen LogP contribution in [0.25, 0.3) is 98.6 Å². The lowest BCUT2D eigenvalue weighted by atomic mass is 9.86. The average Bonchev–Trinajstić information content (AvgIpc) is 3.72. The smallest absolute Gasteiger partial charge is 0.178 e. The van der Waals surface area contributed by atoms with Crippen molar-refractivity contribution in [2.45, 2.75) is 0 Å². The van der Waals surface area contributed by atoms with Gasteiger partial charge in [0.25, 0.3) is 0 Å². The van der Waals surface area contributed by atoms with Gasteiger partial charge in [-0.25, -0.2) is 0 Å². The Balaban J connectivity index is 1.18. The number of fused-ring (bicyclic) bond motifs is 8. The Hall–Kier alpha value is -6.12. The average molecular weight is 587 g/mol.